The van der Waals surface area contributed by atoms with Gasteiger partial charge in [0.15, 0.2) is 0 Å². The van der Waals surface area contributed by atoms with Gasteiger partial charge in [-0.2, -0.15) is 0 Å². The summed E-state index contributed by atoms with van der Waals surface area (Å²) in [6.45, 7) is 1.71. The van der Waals surface area contributed by atoms with Crippen molar-refractivity contribution in [1.29, 1.82) is 0 Å². The van der Waals surface area contributed by atoms with Crippen molar-refractivity contribution in [2.45, 2.75) is 6.92 Å². The first kappa shape index (κ1) is 14.8. The van der Waals surface area contributed by atoms with Crippen LogP contribution in [0.15, 0.2) is 51.7 Å². The van der Waals surface area contributed by atoms with Crippen LogP contribution < -0.4 is 5.43 Å². The summed E-state index contributed by atoms with van der Waals surface area (Å²) in [6, 6.07) is 11.3. The van der Waals surface area contributed by atoms with Gasteiger partial charge in [-0.3, -0.25) is 9.59 Å². The highest BCUT2D eigenvalue weighted by molar-refractivity contribution is 14.1. The molecule has 0 unspecified atom stereocenters. The quantitative estimate of drug-likeness (QED) is 0.515. The monoisotopic (exact) mass is 406 g/mol. The molecule has 3 rings (SSSR count). The SMILES string of the molecule is Cc1oc2cc(O)ccc2c(=O)c1-c1ccc(C(=O)I)cc1. The highest BCUT2D eigenvalue weighted by Gasteiger charge is 2.14. The molecule has 0 aliphatic carbocycles. The maximum absolute atomic E-state index is 12.7. The van der Waals surface area contributed by atoms with Crippen LogP contribution in [0.25, 0.3) is 22.1 Å². The second-order valence-electron chi connectivity index (χ2n) is 4.89. The molecule has 3 aromatic rings. The Balaban J connectivity index is 2.24. The lowest BCUT2D eigenvalue weighted by Gasteiger charge is -2.07. The first-order valence-electron chi connectivity index (χ1n) is 6.54. The zero-order chi connectivity index (χ0) is 15.9. The van der Waals surface area contributed by atoms with Crippen molar-refractivity contribution in [3.05, 3.63) is 64.0 Å². The number of hydrogen-bond donors (Lipinski definition) is 1. The minimum Gasteiger partial charge on any atom is -0.508 e. The van der Waals surface area contributed by atoms with Crippen LogP contribution in [-0.2, 0) is 0 Å². The van der Waals surface area contributed by atoms with Gasteiger partial charge in [0.25, 0.3) is 0 Å². The van der Waals surface area contributed by atoms with Crippen LogP contribution in [0.3, 0.4) is 0 Å². The molecule has 0 fully saturated rings. The minimum atomic E-state index is -0.160. The van der Waals surface area contributed by atoms with Crippen molar-refractivity contribution in [3.8, 4) is 16.9 Å². The molecule has 0 aliphatic heterocycles. The maximum atomic E-state index is 12.7. The third-order valence-corrected chi connectivity index (χ3v) is 4.08. The summed E-state index contributed by atoms with van der Waals surface area (Å²) in [5, 5.41) is 9.90. The average molecular weight is 406 g/mol. The van der Waals surface area contributed by atoms with Crippen molar-refractivity contribution < 1.29 is 14.3 Å². The van der Waals surface area contributed by atoms with Crippen LogP contribution >= 0.6 is 22.6 Å². The molecule has 22 heavy (non-hydrogen) atoms. The average Bonchev–Trinajstić information content (AvgIpc) is 2.47. The number of phenols is 1. The molecule has 4 nitrogen and oxygen atoms in total. The molecule has 1 aromatic heterocycles. The summed E-state index contributed by atoms with van der Waals surface area (Å²) in [5.74, 6) is 0.518. The molecule has 2 aromatic carbocycles. The summed E-state index contributed by atoms with van der Waals surface area (Å²) in [5.41, 5.74) is 1.93. The van der Waals surface area contributed by atoms with Crippen molar-refractivity contribution in [1.82, 2.24) is 0 Å². The minimum absolute atomic E-state index is 0.0488. The molecule has 0 saturated carbocycles. The van der Waals surface area contributed by atoms with E-state index in [0.29, 0.717) is 33.4 Å². The first-order valence-corrected chi connectivity index (χ1v) is 7.62. The molecule has 1 N–H and O–H groups in total. The zero-order valence-electron chi connectivity index (χ0n) is 11.6. The van der Waals surface area contributed by atoms with Gasteiger partial charge in [-0.15, -0.1) is 0 Å². The molecule has 0 amide bonds. The number of rotatable bonds is 2. The van der Waals surface area contributed by atoms with Gasteiger partial charge in [0.1, 0.15) is 17.1 Å². The lowest BCUT2D eigenvalue weighted by atomic mass is 10.0. The van der Waals surface area contributed by atoms with Gasteiger partial charge < -0.3 is 9.52 Å². The van der Waals surface area contributed by atoms with Gasteiger partial charge in [0.05, 0.1) is 10.9 Å². The Bertz CT molecular complexity index is 939. The fourth-order valence-electron chi connectivity index (χ4n) is 2.40. The molecule has 0 atom stereocenters. The Morgan fingerprint density at radius 1 is 1.14 bits per heavy atom. The number of aromatic hydroxyl groups is 1. The summed E-state index contributed by atoms with van der Waals surface area (Å²) in [7, 11) is 0. The number of carbonyl (C=O) groups is 1. The highest BCUT2D eigenvalue weighted by Crippen LogP contribution is 2.26. The van der Waals surface area contributed by atoms with Crippen LogP contribution in [0.2, 0.25) is 0 Å². The van der Waals surface area contributed by atoms with E-state index in [1.54, 1.807) is 59.8 Å². The summed E-state index contributed by atoms with van der Waals surface area (Å²) in [6.07, 6.45) is 0. The van der Waals surface area contributed by atoms with Gasteiger partial charge in [-0.1, -0.05) is 12.1 Å². The predicted molar refractivity (Wildman–Crippen MR) is 92.7 cm³/mol. The lowest BCUT2D eigenvalue weighted by Crippen LogP contribution is -2.07. The molecule has 110 valence electrons. The molecular formula is C17H11IO4. The van der Waals surface area contributed by atoms with E-state index in [4.69, 9.17) is 4.42 Å². The Labute approximate surface area is 139 Å². The van der Waals surface area contributed by atoms with E-state index in [9.17, 15) is 14.7 Å². The van der Waals surface area contributed by atoms with Crippen LogP contribution in [0, 0.1) is 6.92 Å². The molecule has 0 radical (unpaired) electrons. The molecule has 5 heteroatoms. The maximum Gasteiger partial charge on any atom is 0.222 e. The van der Waals surface area contributed by atoms with E-state index in [1.165, 1.54) is 12.1 Å². The highest BCUT2D eigenvalue weighted by atomic mass is 127. The van der Waals surface area contributed by atoms with Crippen LogP contribution in [0.5, 0.6) is 5.75 Å². The van der Waals surface area contributed by atoms with E-state index in [-0.39, 0.29) is 15.0 Å². The number of carbonyl (C=O) groups excluding carboxylic acids is 1. The van der Waals surface area contributed by atoms with Gasteiger partial charge in [-0.25, -0.2) is 0 Å². The zero-order valence-corrected chi connectivity index (χ0v) is 13.7. The fourth-order valence-corrected chi connectivity index (χ4v) is 2.76. The van der Waals surface area contributed by atoms with E-state index < -0.39 is 0 Å². The first-order chi connectivity index (χ1) is 10.5. The molecule has 1 heterocycles. The lowest BCUT2D eigenvalue weighted by molar-refractivity contribution is 0.110. The normalized spacial score (nSPS) is 10.8. The van der Waals surface area contributed by atoms with Crippen molar-refractivity contribution in [3.63, 3.8) is 0 Å². The smallest absolute Gasteiger partial charge is 0.222 e. The van der Waals surface area contributed by atoms with E-state index in [1.807, 2.05) is 0 Å². The number of phenolic OH excluding ortho intramolecular Hbond substituents is 1. The standard InChI is InChI=1S/C17H11IO4/c1-9-15(10-2-4-11(5-3-10)17(18)21)16(20)13-7-6-12(19)8-14(13)22-9/h2-8,19H,1H3. The predicted octanol–water partition coefficient (Wildman–Crippen LogP) is 4.05. The van der Waals surface area contributed by atoms with Crippen LogP contribution in [0.4, 0.5) is 0 Å². The third-order valence-electron chi connectivity index (χ3n) is 3.45. The largest absolute Gasteiger partial charge is 0.508 e. The van der Waals surface area contributed by atoms with E-state index >= 15 is 0 Å². The topological polar surface area (TPSA) is 67.5 Å². The van der Waals surface area contributed by atoms with Crippen LogP contribution in [-0.4, -0.2) is 8.90 Å². The van der Waals surface area contributed by atoms with Crippen molar-refractivity contribution in [2.24, 2.45) is 0 Å². The second kappa shape index (κ2) is 5.57. The number of halogens is 1. The molecular weight excluding hydrogens is 395 g/mol. The molecule has 0 saturated heterocycles. The number of aryl methyl sites for hydroxylation is 1. The van der Waals surface area contributed by atoms with Gasteiger partial charge in [0, 0.05) is 34.2 Å². The number of hydrogen-bond acceptors (Lipinski definition) is 4. The van der Waals surface area contributed by atoms with Crippen molar-refractivity contribution >= 4 is 37.4 Å². The Hall–Kier alpha value is -2.15. The second-order valence-corrected chi connectivity index (χ2v) is 5.87. The van der Waals surface area contributed by atoms with Gasteiger partial charge in [0.2, 0.25) is 9.22 Å². The van der Waals surface area contributed by atoms with Gasteiger partial charge in [-0.05, 0) is 36.8 Å². The summed E-state index contributed by atoms with van der Waals surface area (Å²) < 4.78 is 5.60. The fraction of sp³-hybridized carbons (Fsp3) is 0.0588. The number of benzene rings is 2. The third kappa shape index (κ3) is 2.52. The Kier molecular flexibility index (Phi) is 3.74. The summed E-state index contributed by atoms with van der Waals surface area (Å²) in [4.78, 5) is 24.0. The van der Waals surface area contributed by atoms with E-state index in [0.717, 1.165) is 0 Å². The number of fused-ring (bicyclic) bond motifs is 1. The Morgan fingerprint density at radius 2 is 1.82 bits per heavy atom. The Morgan fingerprint density at radius 3 is 2.45 bits per heavy atom. The molecule has 0 spiro atoms. The van der Waals surface area contributed by atoms with Crippen molar-refractivity contribution in [2.75, 3.05) is 0 Å². The van der Waals surface area contributed by atoms with E-state index in [2.05, 4.69) is 0 Å². The molecule has 0 aliphatic rings. The van der Waals surface area contributed by atoms with Crippen LogP contribution in [0.1, 0.15) is 16.1 Å². The molecule has 0 bridgehead atoms. The van der Waals surface area contributed by atoms with Gasteiger partial charge >= 0.3 is 0 Å². The summed E-state index contributed by atoms with van der Waals surface area (Å²) >= 11 is 1.72.